The van der Waals surface area contributed by atoms with Crippen LogP contribution in [0.2, 0.25) is 0 Å². The summed E-state index contributed by atoms with van der Waals surface area (Å²) in [6.45, 7) is 6.09. The highest BCUT2D eigenvalue weighted by Gasteiger charge is 2.24. The summed E-state index contributed by atoms with van der Waals surface area (Å²) in [5.41, 5.74) is 1.84. The van der Waals surface area contributed by atoms with Crippen molar-refractivity contribution in [2.24, 2.45) is 0 Å². The predicted octanol–water partition coefficient (Wildman–Crippen LogP) is 3.01. The number of morpholine rings is 1. The van der Waals surface area contributed by atoms with Crippen LogP contribution in [0.3, 0.4) is 0 Å². The van der Waals surface area contributed by atoms with E-state index in [2.05, 4.69) is 22.9 Å². The molecule has 1 atom stereocenters. The first-order valence-corrected chi connectivity index (χ1v) is 7.07. The number of amides is 1. The number of hydrogen-bond donors (Lipinski definition) is 0. The van der Waals surface area contributed by atoms with Crippen molar-refractivity contribution in [3.05, 3.63) is 33.8 Å². The molecule has 1 unspecified atom stereocenters. The molecule has 3 nitrogen and oxygen atoms in total. The third kappa shape index (κ3) is 3.12. The molecule has 0 N–H and O–H groups in total. The third-order valence-electron chi connectivity index (χ3n) is 3.17. The van der Waals surface area contributed by atoms with E-state index in [9.17, 15) is 4.79 Å². The van der Waals surface area contributed by atoms with Crippen molar-refractivity contribution in [2.45, 2.75) is 26.4 Å². The lowest BCUT2D eigenvalue weighted by Gasteiger charge is -2.32. The standard InChI is InChI=1S/C14H18BrNO2/c1-3-13-9-16(4-5-18-13)14(17)11-6-10(2)7-12(15)8-11/h6-8,13H,3-5,9H2,1-2H3. The van der Waals surface area contributed by atoms with Crippen molar-refractivity contribution in [3.8, 4) is 0 Å². The van der Waals surface area contributed by atoms with E-state index < -0.39 is 0 Å². The van der Waals surface area contributed by atoms with Gasteiger partial charge in [-0.2, -0.15) is 0 Å². The number of carbonyl (C=O) groups is 1. The molecule has 0 radical (unpaired) electrons. The minimum absolute atomic E-state index is 0.0983. The lowest BCUT2D eigenvalue weighted by atomic mass is 10.1. The second kappa shape index (κ2) is 5.85. The van der Waals surface area contributed by atoms with Crippen LogP contribution >= 0.6 is 15.9 Å². The fourth-order valence-electron chi connectivity index (χ4n) is 2.19. The average Bonchev–Trinajstić information content (AvgIpc) is 2.37. The van der Waals surface area contributed by atoms with Gasteiger partial charge in [0.05, 0.1) is 12.7 Å². The molecule has 0 aromatic heterocycles. The van der Waals surface area contributed by atoms with E-state index in [0.717, 1.165) is 22.0 Å². The van der Waals surface area contributed by atoms with Crippen molar-refractivity contribution in [2.75, 3.05) is 19.7 Å². The molecule has 1 aromatic rings. The second-order valence-electron chi connectivity index (χ2n) is 4.67. The predicted molar refractivity (Wildman–Crippen MR) is 74.8 cm³/mol. The second-order valence-corrected chi connectivity index (χ2v) is 5.59. The Kier molecular flexibility index (Phi) is 4.40. The summed E-state index contributed by atoms with van der Waals surface area (Å²) in [6, 6.07) is 5.82. The summed E-state index contributed by atoms with van der Waals surface area (Å²) < 4.78 is 6.54. The molecule has 1 heterocycles. The van der Waals surface area contributed by atoms with Crippen LogP contribution < -0.4 is 0 Å². The normalized spacial score (nSPS) is 19.9. The van der Waals surface area contributed by atoms with Gasteiger partial charge in [-0.3, -0.25) is 4.79 Å². The maximum absolute atomic E-state index is 12.4. The van der Waals surface area contributed by atoms with E-state index in [1.54, 1.807) is 0 Å². The molecule has 1 aromatic carbocycles. The molecule has 1 fully saturated rings. The number of aryl methyl sites for hydroxylation is 1. The zero-order valence-electron chi connectivity index (χ0n) is 10.8. The van der Waals surface area contributed by atoms with Gasteiger partial charge in [0.2, 0.25) is 0 Å². The highest BCUT2D eigenvalue weighted by atomic mass is 79.9. The summed E-state index contributed by atoms with van der Waals surface area (Å²) >= 11 is 3.44. The zero-order chi connectivity index (χ0) is 13.1. The van der Waals surface area contributed by atoms with E-state index in [1.165, 1.54) is 0 Å². The van der Waals surface area contributed by atoms with E-state index in [0.29, 0.717) is 19.7 Å². The van der Waals surface area contributed by atoms with E-state index >= 15 is 0 Å². The summed E-state index contributed by atoms with van der Waals surface area (Å²) in [5.74, 6) is 0.0983. The topological polar surface area (TPSA) is 29.5 Å². The Morgan fingerprint density at radius 2 is 2.28 bits per heavy atom. The van der Waals surface area contributed by atoms with Crippen molar-refractivity contribution in [1.82, 2.24) is 4.90 Å². The molecule has 1 saturated heterocycles. The van der Waals surface area contributed by atoms with Crippen LogP contribution in [0.15, 0.2) is 22.7 Å². The Hall–Kier alpha value is -0.870. The summed E-state index contributed by atoms with van der Waals surface area (Å²) in [6.07, 6.45) is 1.12. The molecule has 2 rings (SSSR count). The van der Waals surface area contributed by atoms with Gasteiger partial charge in [-0.15, -0.1) is 0 Å². The molecular formula is C14H18BrNO2. The molecule has 1 aliphatic rings. The van der Waals surface area contributed by atoms with Gasteiger partial charge in [0.1, 0.15) is 0 Å². The molecule has 1 aliphatic heterocycles. The van der Waals surface area contributed by atoms with Gasteiger partial charge < -0.3 is 9.64 Å². The minimum Gasteiger partial charge on any atom is -0.375 e. The van der Waals surface area contributed by atoms with E-state index in [-0.39, 0.29) is 12.0 Å². The fourth-order valence-corrected chi connectivity index (χ4v) is 2.80. The number of benzene rings is 1. The van der Waals surface area contributed by atoms with Crippen LogP contribution in [0.4, 0.5) is 0 Å². The van der Waals surface area contributed by atoms with Gasteiger partial charge >= 0.3 is 0 Å². The zero-order valence-corrected chi connectivity index (χ0v) is 12.4. The Morgan fingerprint density at radius 3 is 2.94 bits per heavy atom. The number of halogens is 1. The number of rotatable bonds is 2. The molecule has 0 bridgehead atoms. The first-order chi connectivity index (χ1) is 8.60. The van der Waals surface area contributed by atoms with Gasteiger partial charge in [0.25, 0.3) is 5.91 Å². The highest BCUT2D eigenvalue weighted by Crippen LogP contribution is 2.18. The van der Waals surface area contributed by atoms with E-state index in [1.807, 2.05) is 30.0 Å². The molecule has 98 valence electrons. The smallest absolute Gasteiger partial charge is 0.254 e. The molecule has 0 saturated carbocycles. The lowest BCUT2D eigenvalue weighted by molar-refractivity contribution is -0.0226. The average molecular weight is 312 g/mol. The van der Waals surface area contributed by atoms with Crippen LogP contribution in [0.1, 0.15) is 29.3 Å². The molecule has 0 spiro atoms. The SMILES string of the molecule is CCC1CN(C(=O)c2cc(C)cc(Br)c2)CCO1. The summed E-state index contributed by atoms with van der Waals surface area (Å²) in [7, 11) is 0. The van der Waals surface area contributed by atoms with Gasteiger partial charge in [0, 0.05) is 23.1 Å². The number of nitrogens with zero attached hydrogens (tertiary/aromatic N) is 1. The fraction of sp³-hybridized carbons (Fsp3) is 0.500. The van der Waals surface area contributed by atoms with Crippen molar-refractivity contribution in [1.29, 1.82) is 0 Å². The van der Waals surface area contributed by atoms with Crippen molar-refractivity contribution in [3.63, 3.8) is 0 Å². The first-order valence-electron chi connectivity index (χ1n) is 6.28. The summed E-state index contributed by atoms with van der Waals surface area (Å²) in [5, 5.41) is 0. The quantitative estimate of drug-likeness (QED) is 0.840. The Balaban J connectivity index is 2.15. The van der Waals surface area contributed by atoms with Gasteiger partial charge in [-0.25, -0.2) is 0 Å². The molecule has 18 heavy (non-hydrogen) atoms. The lowest BCUT2D eigenvalue weighted by Crippen LogP contribution is -2.45. The maximum atomic E-state index is 12.4. The van der Waals surface area contributed by atoms with Crippen LogP contribution in [0, 0.1) is 6.92 Å². The van der Waals surface area contributed by atoms with Crippen molar-refractivity contribution >= 4 is 21.8 Å². The molecule has 4 heteroatoms. The first kappa shape index (κ1) is 13.6. The van der Waals surface area contributed by atoms with Gasteiger partial charge in [0.15, 0.2) is 0 Å². The van der Waals surface area contributed by atoms with Crippen molar-refractivity contribution < 1.29 is 9.53 Å². The Labute approximate surface area is 116 Å². The van der Waals surface area contributed by atoms with Crippen LogP contribution in [-0.2, 0) is 4.74 Å². The highest BCUT2D eigenvalue weighted by molar-refractivity contribution is 9.10. The number of hydrogen-bond acceptors (Lipinski definition) is 2. The Bertz CT molecular complexity index is 427. The van der Waals surface area contributed by atoms with Gasteiger partial charge in [-0.05, 0) is 37.1 Å². The van der Waals surface area contributed by atoms with Gasteiger partial charge in [-0.1, -0.05) is 22.9 Å². The minimum atomic E-state index is 0.0983. The third-order valence-corrected chi connectivity index (χ3v) is 3.63. The van der Waals surface area contributed by atoms with Crippen LogP contribution in [-0.4, -0.2) is 36.6 Å². The monoisotopic (exact) mass is 311 g/mol. The molecular weight excluding hydrogens is 294 g/mol. The molecule has 0 aliphatic carbocycles. The van der Waals surface area contributed by atoms with Crippen LogP contribution in [0.5, 0.6) is 0 Å². The van der Waals surface area contributed by atoms with E-state index in [4.69, 9.17) is 4.74 Å². The molecule has 1 amide bonds. The number of carbonyl (C=O) groups excluding carboxylic acids is 1. The van der Waals surface area contributed by atoms with Crippen LogP contribution in [0.25, 0.3) is 0 Å². The summed E-state index contributed by atoms with van der Waals surface area (Å²) in [4.78, 5) is 14.3. The maximum Gasteiger partial charge on any atom is 0.254 e. The number of ether oxygens (including phenoxy) is 1. The Morgan fingerprint density at radius 1 is 1.50 bits per heavy atom. The largest absolute Gasteiger partial charge is 0.375 e.